The number of hydrogen-bond acceptors (Lipinski definition) is 4. The fourth-order valence-electron chi connectivity index (χ4n) is 5.05. The van der Waals surface area contributed by atoms with E-state index in [1.54, 1.807) is 6.20 Å². The molecule has 0 N–H and O–H groups in total. The van der Waals surface area contributed by atoms with Crippen LogP contribution in [-0.4, -0.2) is 36.6 Å². The second-order valence-electron chi connectivity index (χ2n) is 11.5. The normalized spacial score (nSPS) is 19.7. The molecule has 0 bridgehead atoms. The quantitative estimate of drug-likeness (QED) is 0.367. The summed E-state index contributed by atoms with van der Waals surface area (Å²) < 4.78 is 25.5. The third kappa shape index (κ3) is 3.52. The fourth-order valence-corrected chi connectivity index (χ4v) is 5.92. The maximum Gasteiger partial charge on any atom is 0.495 e. The van der Waals surface area contributed by atoms with E-state index in [4.69, 9.17) is 9.31 Å². The Balaban J connectivity index is 1.60. The van der Waals surface area contributed by atoms with Crippen molar-refractivity contribution in [3.8, 4) is 22.3 Å². The summed E-state index contributed by atoms with van der Waals surface area (Å²) in [6, 6.07) is 14.9. The van der Waals surface area contributed by atoms with E-state index in [1.807, 2.05) is 31.7 Å². The number of nitrogens with zero attached hydrogens (tertiary/aromatic N) is 1. The van der Waals surface area contributed by atoms with Crippen molar-refractivity contribution in [3.05, 3.63) is 66.0 Å². The highest BCUT2D eigenvalue weighted by molar-refractivity contribution is 7.70. The van der Waals surface area contributed by atoms with Gasteiger partial charge in [-0.15, -0.1) is 0 Å². The minimum atomic E-state index is -2.34. The molecule has 1 fully saturated rings. The van der Waals surface area contributed by atoms with Gasteiger partial charge in [-0.1, -0.05) is 38.1 Å². The molecule has 0 amide bonds. The highest BCUT2D eigenvalue weighted by Gasteiger charge is 2.52. The molecule has 3 aromatic rings. The number of fused-ring (bicyclic) bond motifs is 3. The molecule has 0 radical (unpaired) electrons. The van der Waals surface area contributed by atoms with E-state index in [0.717, 1.165) is 21.9 Å². The summed E-state index contributed by atoms with van der Waals surface area (Å²) in [5, 5.41) is 0.933. The molecule has 0 spiro atoms. The largest absolute Gasteiger partial charge is 0.495 e. The zero-order valence-corrected chi connectivity index (χ0v) is 22.3. The third-order valence-electron chi connectivity index (χ3n) is 7.95. The first-order valence-corrected chi connectivity index (χ1v) is 14.5. The molecule has 5 rings (SSSR count). The van der Waals surface area contributed by atoms with E-state index >= 15 is 0 Å². The summed E-state index contributed by atoms with van der Waals surface area (Å²) in [5.74, 6) is 0. The highest BCUT2D eigenvalue weighted by atomic mass is 31.2. The summed E-state index contributed by atoms with van der Waals surface area (Å²) in [6.07, 6.45) is 3.70. The van der Waals surface area contributed by atoms with Crippen molar-refractivity contribution in [1.29, 1.82) is 0 Å². The van der Waals surface area contributed by atoms with E-state index in [0.29, 0.717) is 0 Å². The first kappa shape index (κ1) is 23.5. The fraction of sp³-hybridized carbons (Fsp3) is 0.393. The van der Waals surface area contributed by atoms with Crippen LogP contribution >= 0.6 is 7.14 Å². The van der Waals surface area contributed by atoms with E-state index < -0.39 is 25.5 Å². The van der Waals surface area contributed by atoms with Gasteiger partial charge in [-0.25, -0.2) is 0 Å². The van der Waals surface area contributed by atoms with Gasteiger partial charge in [0.1, 0.15) is 7.14 Å². The predicted molar refractivity (Wildman–Crippen MR) is 142 cm³/mol. The maximum absolute atomic E-state index is 12.8. The van der Waals surface area contributed by atoms with Gasteiger partial charge in [-0.2, -0.15) is 0 Å². The molecule has 0 saturated carbocycles. The van der Waals surface area contributed by atoms with E-state index in [-0.39, 0.29) is 5.41 Å². The van der Waals surface area contributed by atoms with Crippen LogP contribution in [-0.2, 0) is 19.3 Å². The Hall–Kier alpha value is -2.20. The van der Waals surface area contributed by atoms with Crippen molar-refractivity contribution in [3.63, 3.8) is 0 Å². The average Bonchev–Trinajstić information content (AvgIpc) is 3.12. The highest BCUT2D eigenvalue weighted by Crippen LogP contribution is 2.50. The summed E-state index contributed by atoms with van der Waals surface area (Å²) in [6.45, 7) is 16.5. The smallest absolute Gasteiger partial charge is 0.399 e. The monoisotopic (exact) mass is 473 g/mol. The lowest BCUT2D eigenvalue weighted by atomic mass is 9.74. The first-order chi connectivity index (χ1) is 15.7. The number of aromatic nitrogens is 1. The Labute approximate surface area is 203 Å². The van der Waals surface area contributed by atoms with Crippen LogP contribution in [0.15, 0.2) is 54.9 Å². The van der Waals surface area contributed by atoms with Crippen LogP contribution in [0.25, 0.3) is 22.3 Å². The molecule has 1 aromatic heterocycles. The SMILES string of the molecule is CC1(C)c2cc(-c3cnccc3B3OC(C)(C)C(C)(C)O3)ccc2-c2ccc(P(C)(C)=O)cc21. The number of hydrogen-bond donors (Lipinski definition) is 0. The molecule has 176 valence electrons. The number of rotatable bonds is 3. The molecule has 1 saturated heterocycles. The lowest BCUT2D eigenvalue weighted by Crippen LogP contribution is -2.41. The minimum absolute atomic E-state index is 0.196. The van der Waals surface area contributed by atoms with Gasteiger partial charge in [-0.05, 0) is 98.1 Å². The van der Waals surface area contributed by atoms with Crippen LogP contribution < -0.4 is 10.8 Å². The molecular formula is C28H33BNO3P. The van der Waals surface area contributed by atoms with Crippen LogP contribution in [0.1, 0.15) is 52.7 Å². The summed E-state index contributed by atoms with van der Waals surface area (Å²) >= 11 is 0. The molecule has 34 heavy (non-hydrogen) atoms. The molecule has 1 aliphatic heterocycles. The zero-order chi connectivity index (χ0) is 24.7. The van der Waals surface area contributed by atoms with Crippen LogP contribution in [0.5, 0.6) is 0 Å². The Bertz CT molecular complexity index is 1340. The molecular weight excluding hydrogens is 440 g/mol. The number of benzene rings is 2. The van der Waals surface area contributed by atoms with Gasteiger partial charge in [-0.3, -0.25) is 4.98 Å². The Morgan fingerprint density at radius 3 is 2.00 bits per heavy atom. The number of pyridine rings is 1. The lowest BCUT2D eigenvalue weighted by Gasteiger charge is -2.32. The van der Waals surface area contributed by atoms with E-state index in [9.17, 15) is 4.57 Å². The van der Waals surface area contributed by atoms with Crippen LogP contribution in [0.2, 0.25) is 0 Å². The zero-order valence-electron chi connectivity index (χ0n) is 21.4. The van der Waals surface area contributed by atoms with Crippen molar-refractivity contribution in [1.82, 2.24) is 4.98 Å². The molecule has 4 nitrogen and oxygen atoms in total. The Kier molecular flexibility index (Phi) is 5.12. The van der Waals surface area contributed by atoms with Crippen molar-refractivity contribution in [2.45, 2.75) is 58.2 Å². The van der Waals surface area contributed by atoms with Crippen molar-refractivity contribution in [2.75, 3.05) is 13.3 Å². The Morgan fingerprint density at radius 1 is 0.794 bits per heavy atom. The van der Waals surface area contributed by atoms with Gasteiger partial charge < -0.3 is 13.9 Å². The Morgan fingerprint density at radius 2 is 1.38 bits per heavy atom. The molecule has 2 aromatic carbocycles. The molecule has 0 atom stereocenters. The topological polar surface area (TPSA) is 48.4 Å². The minimum Gasteiger partial charge on any atom is -0.399 e. The second kappa shape index (κ2) is 7.40. The van der Waals surface area contributed by atoms with Crippen molar-refractivity contribution in [2.24, 2.45) is 0 Å². The second-order valence-corrected chi connectivity index (χ2v) is 14.7. The standard InChI is InChI=1S/C28H33BNO3P/c1-26(2)23-15-18(9-11-20(23)21-12-10-19(16-24(21)26)34(7,8)31)22-17-30-14-13-25(22)29-32-27(3,4)28(5,6)33-29/h9-17H,1-8H3. The molecule has 2 heterocycles. The van der Waals surface area contributed by atoms with Crippen LogP contribution in [0.3, 0.4) is 0 Å². The van der Waals surface area contributed by atoms with Crippen molar-refractivity contribution < 1.29 is 13.9 Å². The van der Waals surface area contributed by atoms with E-state index in [1.165, 1.54) is 22.3 Å². The molecule has 1 aliphatic carbocycles. The van der Waals surface area contributed by atoms with Gasteiger partial charge in [0.05, 0.1) is 11.2 Å². The maximum atomic E-state index is 12.8. The van der Waals surface area contributed by atoms with Crippen LogP contribution in [0.4, 0.5) is 0 Å². The van der Waals surface area contributed by atoms with Crippen LogP contribution in [0, 0.1) is 0 Å². The van der Waals surface area contributed by atoms with Gasteiger partial charge in [0.25, 0.3) is 0 Å². The predicted octanol–water partition coefficient (Wildman–Crippen LogP) is 5.60. The summed E-state index contributed by atoms with van der Waals surface area (Å²) in [7, 11) is -2.79. The van der Waals surface area contributed by atoms with Gasteiger partial charge in [0.2, 0.25) is 0 Å². The third-order valence-corrected chi connectivity index (χ3v) is 9.48. The summed E-state index contributed by atoms with van der Waals surface area (Å²) in [4.78, 5) is 4.43. The van der Waals surface area contributed by atoms with Gasteiger partial charge in [0, 0.05) is 23.1 Å². The first-order valence-electron chi connectivity index (χ1n) is 11.9. The molecule has 0 unspecified atom stereocenters. The van der Waals surface area contributed by atoms with Crippen molar-refractivity contribution >= 4 is 25.0 Å². The van der Waals surface area contributed by atoms with E-state index in [2.05, 4.69) is 76.9 Å². The van der Waals surface area contributed by atoms with Gasteiger partial charge in [0.15, 0.2) is 0 Å². The average molecular weight is 473 g/mol. The molecule has 2 aliphatic rings. The summed E-state index contributed by atoms with van der Waals surface area (Å²) in [5.41, 5.74) is 7.05. The lowest BCUT2D eigenvalue weighted by molar-refractivity contribution is 0.00578. The van der Waals surface area contributed by atoms with Gasteiger partial charge >= 0.3 is 7.12 Å². The molecule has 6 heteroatoms.